The number of benzene rings is 1. The van der Waals surface area contributed by atoms with Crippen molar-refractivity contribution < 1.29 is 24.9 Å². The lowest BCUT2D eigenvalue weighted by Crippen LogP contribution is -2.05. The standard InChI is InChI=1S/C17H20ClNO5.C2H4.CH3N/c1-3-24-17(23)16-15(18)14(9(2)19-16)11-5-4-10(6-20)12(7-21)13(11)8-22;2*1-2/h4-5,19-22H,3,6-8H2,1-2H3;1-2H2;2H,1H2. The molecule has 7 nitrogen and oxygen atoms in total. The first-order valence-electron chi connectivity index (χ1n) is 8.37. The van der Waals surface area contributed by atoms with Crippen LogP contribution in [-0.2, 0) is 24.6 Å². The molecule has 2 rings (SSSR count). The van der Waals surface area contributed by atoms with Crippen molar-refractivity contribution in [2.45, 2.75) is 33.7 Å². The summed E-state index contributed by atoms with van der Waals surface area (Å²) in [5.74, 6) is -0.559. The van der Waals surface area contributed by atoms with Crippen LogP contribution in [0.4, 0.5) is 0 Å². The molecule has 1 aromatic heterocycles. The van der Waals surface area contributed by atoms with Gasteiger partial charge in [-0.15, -0.1) is 13.2 Å². The summed E-state index contributed by atoms with van der Waals surface area (Å²) in [4.78, 5) is 14.9. The molecule has 154 valence electrons. The number of aromatic nitrogens is 1. The maximum absolute atomic E-state index is 12.0. The van der Waals surface area contributed by atoms with Gasteiger partial charge in [0, 0.05) is 11.3 Å². The molecule has 0 fully saturated rings. The molecule has 5 N–H and O–H groups in total. The van der Waals surface area contributed by atoms with Gasteiger partial charge in [-0.1, -0.05) is 23.7 Å². The van der Waals surface area contributed by atoms with E-state index in [4.69, 9.17) is 21.7 Å². The van der Waals surface area contributed by atoms with Gasteiger partial charge in [0.05, 0.1) is 31.5 Å². The van der Waals surface area contributed by atoms with Gasteiger partial charge in [0.1, 0.15) is 5.69 Å². The van der Waals surface area contributed by atoms with Crippen molar-refractivity contribution >= 4 is 24.3 Å². The van der Waals surface area contributed by atoms with Crippen LogP contribution in [0.5, 0.6) is 0 Å². The Balaban J connectivity index is 0.00000171. The van der Waals surface area contributed by atoms with E-state index >= 15 is 0 Å². The van der Waals surface area contributed by atoms with Crippen LogP contribution in [0.15, 0.2) is 25.3 Å². The van der Waals surface area contributed by atoms with Crippen LogP contribution in [0.3, 0.4) is 0 Å². The number of hydrogen-bond acceptors (Lipinski definition) is 6. The fourth-order valence-corrected chi connectivity index (χ4v) is 3.13. The average molecular weight is 411 g/mol. The molecule has 0 bridgehead atoms. The van der Waals surface area contributed by atoms with Crippen LogP contribution in [-0.4, -0.2) is 39.6 Å². The number of hydrogen-bond donors (Lipinski definition) is 5. The molecular formula is C20H27ClN2O5. The Labute approximate surface area is 169 Å². The van der Waals surface area contributed by atoms with Crippen LogP contribution in [0.1, 0.15) is 39.8 Å². The van der Waals surface area contributed by atoms with E-state index in [-0.39, 0.29) is 37.1 Å². The van der Waals surface area contributed by atoms with E-state index in [1.54, 1.807) is 26.0 Å². The molecule has 1 heterocycles. The number of carbonyl (C=O) groups is 1. The molecular weight excluding hydrogens is 384 g/mol. The van der Waals surface area contributed by atoms with Crippen molar-refractivity contribution in [2.24, 2.45) is 0 Å². The van der Waals surface area contributed by atoms with E-state index in [2.05, 4.69) is 24.9 Å². The second kappa shape index (κ2) is 12.9. The number of nitrogens with one attached hydrogen (secondary N) is 2. The number of halogens is 1. The van der Waals surface area contributed by atoms with Crippen molar-refractivity contribution in [3.63, 3.8) is 0 Å². The molecule has 0 aliphatic carbocycles. The highest BCUT2D eigenvalue weighted by molar-refractivity contribution is 6.36. The summed E-state index contributed by atoms with van der Waals surface area (Å²) in [7, 11) is 0. The lowest BCUT2D eigenvalue weighted by atomic mass is 9.92. The summed E-state index contributed by atoms with van der Waals surface area (Å²) in [5, 5.41) is 34.4. The number of rotatable bonds is 6. The Morgan fingerprint density at radius 1 is 1.14 bits per heavy atom. The molecule has 0 spiro atoms. The number of H-pyrrole nitrogens is 1. The first kappa shape index (κ1) is 25.6. The number of aliphatic hydroxyl groups excluding tert-OH is 3. The van der Waals surface area contributed by atoms with Crippen molar-refractivity contribution in [1.82, 2.24) is 4.98 Å². The highest BCUT2D eigenvalue weighted by Gasteiger charge is 2.24. The summed E-state index contributed by atoms with van der Waals surface area (Å²) >= 11 is 6.37. The van der Waals surface area contributed by atoms with Crippen LogP contribution in [0.25, 0.3) is 11.1 Å². The predicted molar refractivity (Wildman–Crippen MR) is 111 cm³/mol. The van der Waals surface area contributed by atoms with E-state index in [0.717, 1.165) is 0 Å². The number of esters is 1. The zero-order valence-corrected chi connectivity index (χ0v) is 16.9. The largest absolute Gasteiger partial charge is 0.461 e. The zero-order valence-electron chi connectivity index (χ0n) is 16.1. The number of ether oxygens (including phenoxy) is 1. The lowest BCUT2D eigenvalue weighted by molar-refractivity contribution is 0.0520. The van der Waals surface area contributed by atoms with Gasteiger partial charge in [-0.2, -0.15) is 0 Å². The first-order chi connectivity index (χ1) is 13.5. The fourth-order valence-electron chi connectivity index (χ4n) is 2.76. The third-order valence-corrected chi connectivity index (χ3v) is 4.27. The summed E-state index contributed by atoms with van der Waals surface area (Å²) < 4.78 is 4.97. The number of aliphatic hydroxyl groups is 3. The van der Waals surface area contributed by atoms with Gasteiger partial charge in [-0.25, -0.2) is 4.79 Å². The summed E-state index contributed by atoms with van der Waals surface area (Å²) in [6.07, 6.45) is 0. The summed E-state index contributed by atoms with van der Waals surface area (Å²) in [5.41, 5.74) is 3.37. The Bertz CT molecular complexity index is 787. The van der Waals surface area contributed by atoms with E-state index in [1.165, 1.54) is 0 Å². The summed E-state index contributed by atoms with van der Waals surface area (Å²) in [6, 6.07) is 3.36. The molecule has 0 aliphatic rings. The molecule has 0 radical (unpaired) electrons. The van der Waals surface area contributed by atoms with Gasteiger partial charge < -0.3 is 30.4 Å². The molecule has 0 amide bonds. The molecule has 1 aromatic carbocycles. The van der Waals surface area contributed by atoms with Crippen molar-refractivity contribution in [2.75, 3.05) is 6.61 Å². The predicted octanol–water partition coefficient (Wildman–Crippen LogP) is 3.37. The van der Waals surface area contributed by atoms with E-state index in [9.17, 15) is 20.1 Å². The average Bonchev–Trinajstić information content (AvgIpc) is 3.03. The third-order valence-electron chi connectivity index (χ3n) is 3.89. The van der Waals surface area contributed by atoms with Crippen LogP contribution in [0, 0.1) is 12.3 Å². The minimum atomic E-state index is -0.559. The molecule has 0 atom stereocenters. The fraction of sp³-hybridized carbons (Fsp3) is 0.300. The molecule has 0 saturated carbocycles. The van der Waals surface area contributed by atoms with E-state index < -0.39 is 5.97 Å². The maximum Gasteiger partial charge on any atom is 0.356 e. The third kappa shape index (κ3) is 5.30. The maximum atomic E-state index is 12.0. The molecule has 8 heteroatoms. The quantitative estimate of drug-likeness (QED) is 0.283. The SMILES string of the molecule is C=C.C=N.CCOC(=O)c1[nH]c(C)c(-c2ccc(CO)c(CO)c2CO)c1Cl. The Morgan fingerprint density at radius 2 is 1.71 bits per heavy atom. The topological polar surface area (TPSA) is 127 Å². The van der Waals surface area contributed by atoms with Crippen molar-refractivity contribution in [1.29, 1.82) is 5.41 Å². The Kier molecular flexibility index (Phi) is 11.7. The number of carbonyl (C=O) groups excluding carboxylic acids is 1. The molecule has 0 aliphatic heterocycles. The van der Waals surface area contributed by atoms with Gasteiger partial charge in [-0.3, -0.25) is 0 Å². The second-order valence-corrected chi connectivity index (χ2v) is 5.62. The van der Waals surface area contributed by atoms with Gasteiger partial charge in [0.2, 0.25) is 0 Å². The van der Waals surface area contributed by atoms with Gasteiger partial charge in [0.15, 0.2) is 0 Å². The number of aryl methyl sites for hydroxylation is 1. The molecule has 2 aromatic rings. The lowest BCUT2D eigenvalue weighted by Gasteiger charge is -2.15. The zero-order chi connectivity index (χ0) is 21.9. The number of aromatic amines is 1. The minimum Gasteiger partial charge on any atom is -0.461 e. The van der Waals surface area contributed by atoms with E-state index in [1.807, 2.05) is 0 Å². The van der Waals surface area contributed by atoms with Crippen LogP contribution >= 0.6 is 11.6 Å². The summed E-state index contributed by atoms with van der Waals surface area (Å²) in [6.45, 7) is 11.3. The van der Waals surface area contributed by atoms with Crippen molar-refractivity contribution in [3.05, 3.63) is 58.4 Å². The molecule has 0 saturated heterocycles. The van der Waals surface area contributed by atoms with Gasteiger partial charge >= 0.3 is 5.97 Å². The smallest absolute Gasteiger partial charge is 0.356 e. The minimum absolute atomic E-state index is 0.145. The normalized spacial score (nSPS) is 9.64. The highest BCUT2D eigenvalue weighted by Crippen LogP contribution is 2.38. The van der Waals surface area contributed by atoms with E-state index in [0.29, 0.717) is 33.5 Å². The molecule has 28 heavy (non-hydrogen) atoms. The monoisotopic (exact) mass is 410 g/mol. The van der Waals surface area contributed by atoms with Crippen molar-refractivity contribution in [3.8, 4) is 11.1 Å². The Hall–Kier alpha value is -2.45. The van der Waals surface area contributed by atoms with Gasteiger partial charge in [0.25, 0.3) is 0 Å². The Morgan fingerprint density at radius 3 is 2.18 bits per heavy atom. The molecule has 0 unspecified atom stereocenters. The second-order valence-electron chi connectivity index (χ2n) is 5.24. The highest BCUT2D eigenvalue weighted by atomic mass is 35.5. The van der Waals surface area contributed by atoms with Crippen LogP contribution < -0.4 is 0 Å². The first-order valence-corrected chi connectivity index (χ1v) is 8.74. The van der Waals surface area contributed by atoms with Crippen LogP contribution in [0.2, 0.25) is 5.02 Å². The van der Waals surface area contributed by atoms with Gasteiger partial charge in [-0.05, 0) is 42.8 Å².